The molecule has 0 aromatic carbocycles. The van der Waals surface area contributed by atoms with Gasteiger partial charge in [0, 0.05) is 19.1 Å². The van der Waals surface area contributed by atoms with Crippen LogP contribution >= 0.6 is 0 Å². The highest BCUT2D eigenvalue weighted by Crippen LogP contribution is 2.11. The molecule has 2 N–H and O–H groups in total. The lowest BCUT2D eigenvalue weighted by Gasteiger charge is -2.13. The summed E-state index contributed by atoms with van der Waals surface area (Å²) in [5.41, 5.74) is 0. The summed E-state index contributed by atoms with van der Waals surface area (Å²) in [5, 5.41) is 11.3. The van der Waals surface area contributed by atoms with E-state index in [0.29, 0.717) is 19.1 Å². The second kappa shape index (κ2) is 9.71. The van der Waals surface area contributed by atoms with Crippen LogP contribution in [0, 0.1) is 5.92 Å². The predicted molar refractivity (Wildman–Crippen MR) is 71.3 cm³/mol. The molecular formula is C14H23NO3. The zero-order valence-electron chi connectivity index (χ0n) is 10.8. The van der Waals surface area contributed by atoms with Gasteiger partial charge in [-0.05, 0) is 19.3 Å². The van der Waals surface area contributed by atoms with Crippen LogP contribution in [0.1, 0.15) is 32.1 Å². The van der Waals surface area contributed by atoms with Crippen molar-refractivity contribution < 1.29 is 14.6 Å². The van der Waals surface area contributed by atoms with Crippen LogP contribution < -0.4 is 5.32 Å². The monoisotopic (exact) mass is 253 g/mol. The van der Waals surface area contributed by atoms with Crippen LogP contribution in [0.3, 0.4) is 0 Å². The third kappa shape index (κ3) is 7.12. The van der Waals surface area contributed by atoms with E-state index in [1.807, 2.05) is 12.2 Å². The molecule has 1 atom stereocenters. The van der Waals surface area contributed by atoms with E-state index in [1.165, 1.54) is 0 Å². The highest BCUT2D eigenvalue weighted by molar-refractivity contribution is 5.67. The average molecular weight is 253 g/mol. The maximum absolute atomic E-state index is 11.4. The van der Waals surface area contributed by atoms with Gasteiger partial charge in [-0.25, -0.2) is 4.79 Å². The van der Waals surface area contributed by atoms with Gasteiger partial charge in [0.1, 0.15) is 0 Å². The first kappa shape index (κ1) is 14.8. The van der Waals surface area contributed by atoms with Crippen molar-refractivity contribution in [3.63, 3.8) is 0 Å². The Morgan fingerprint density at radius 1 is 1.28 bits per heavy atom. The van der Waals surface area contributed by atoms with Gasteiger partial charge >= 0.3 is 6.09 Å². The van der Waals surface area contributed by atoms with Gasteiger partial charge in [-0.3, -0.25) is 0 Å². The Morgan fingerprint density at radius 3 is 2.83 bits per heavy atom. The molecule has 4 heteroatoms. The molecule has 18 heavy (non-hydrogen) atoms. The van der Waals surface area contributed by atoms with Crippen LogP contribution in [0.5, 0.6) is 0 Å². The first-order valence-corrected chi connectivity index (χ1v) is 6.67. The summed E-state index contributed by atoms with van der Waals surface area (Å²) < 4.78 is 5.13. The first-order valence-electron chi connectivity index (χ1n) is 6.67. The van der Waals surface area contributed by atoms with Crippen molar-refractivity contribution in [3.05, 3.63) is 24.3 Å². The van der Waals surface area contributed by atoms with Crippen molar-refractivity contribution in [2.75, 3.05) is 19.8 Å². The molecule has 0 spiro atoms. The lowest BCUT2D eigenvalue weighted by Crippen LogP contribution is -2.27. The van der Waals surface area contributed by atoms with Gasteiger partial charge in [0.25, 0.3) is 0 Å². The van der Waals surface area contributed by atoms with Crippen molar-refractivity contribution in [2.24, 2.45) is 5.92 Å². The number of hydrogen-bond donors (Lipinski definition) is 2. The van der Waals surface area contributed by atoms with Gasteiger partial charge in [-0.2, -0.15) is 0 Å². The molecule has 1 rings (SSSR count). The largest absolute Gasteiger partial charge is 0.449 e. The number of hydrogen-bond acceptors (Lipinski definition) is 3. The molecule has 0 aromatic heterocycles. The van der Waals surface area contributed by atoms with E-state index in [4.69, 9.17) is 9.84 Å². The molecule has 4 nitrogen and oxygen atoms in total. The zero-order chi connectivity index (χ0) is 13.1. The minimum Gasteiger partial charge on any atom is -0.449 e. The number of aliphatic hydroxyl groups is 1. The Labute approximate surface area is 109 Å². The van der Waals surface area contributed by atoms with E-state index >= 15 is 0 Å². The molecule has 1 unspecified atom stereocenters. The number of rotatable bonds is 8. The molecule has 1 amide bonds. The van der Waals surface area contributed by atoms with E-state index in [2.05, 4.69) is 17.5 Å². The fourth-order valence-corrected chi connectivity index (χ4v) is 1.77. The normalized spacial score (nSPS) is 17.7. The van der Waals surface area contributed by atoms with Crippen molar-refractivity contribution in [1.82, 2.24) is 5.32 Å². The summed E-state index contributed by atoms with van der Waals surface area (Å²) >= 11 is 0. The molecule has 0 bridgehead atoms. The van der Waals surface area contributed by atoms with Gasteiger partial charge in [0.2, 0.25) is 0 Å². The Morgan fingerprint density at radius 2 is 2.11 bits per heavy atom. The van der Waals surface area contributed by atoms with E-state index < -0.39 is 0 Å². The number of amides is 1. The predicted octanol–water partition coefficient (Wildman–Crippen LogP) is 2.40. The van der Waals surface area contributed by atoms with Crippen LogP contribution in [0.15, 0.2) is 24.3 Å². The number of alkyl carbamates (subject to hydrolysis) is 1. The van der Waals surface area contributed by atoms with Crippen molar-refractivity contribution in [3.8, 4) is 0 Å². The first-order chi connectivity index (χ1) is 8.83. The van der Waals surface area contributed by atoms with Crippen molar-refractivity contribution in [1.29, 1.82) is 0 Å². The van der Waals surface area contributed by atoms with E-state index in [1.54, 1.807) is 0 Å². The van der Waals surface area contributed by atoms with Crippen LogP contribution in [-0.2, 0) is 4.74 Å². The lowest BCUT2D eigenvalue weighted by atomic mass is 10.0. The van der Waals surface area contributed by atoms with Crippen LogP contribution in [0.2, 0.25) is 0 Å². The second-order valence-electron chi connectivity index (χ2n) is 4.47. The van der Waals surface area contributed by atoms with Gasteiger partial charge in [0.05, 0.1) is 6.61 Å². The van der Waals surface area contributed by atoms with Crippen LogP contribution in [0.4, 0.5) is 4.79 Å². The third-order valence-electron chi connectivity index (χ3n) is 2.85. The summed E-state index contributed by atoms with van der Waals surface area (Å²) in [7, 11) is 0. The molecule has 0 aromatic rings. The number of unbranched alkanes of at least 4 members (excludes halogenated alkanes) is 3. The lowest BCUT2D eigenvalue weighted by molar-refractivity contribution is 0.134. The topological polar surface area (TPSA) is 58.6 Å². The molecule has 102 valence electrons. The highest BCUT2D eigenvalue weighted by Gasteiger charge is 2.08. The van der Waals surface area contributed by atoms with Crippen molar-refractivity contribution >= 4 is 6.09 Å². The Hall–Kier alpha value is -1.29. The van der Waals surface area contributed by atoms with Gasteiger partial charge < -0.3 is 15.2 Å². The fraction of sp³-hybridized carbons (Fsp3) is 0.643. The van der Waals surface area contributed by atoms with Crippen molar-refractivity contribution in [2.45, 2.75) is 32.1 Å². The number of carbonyl (C=O) groups is 1. The smallest absolute Gasteiger partial charge is 0.407 e. The molecule has 0 fully saturated rings. The van der Waals surface area contributed by atoms with Crippen LogP contribution in [-0.4, -0.2) is 31.0 Å². The van der Waals surface area contributed by atoms with E-state index in [-0.39, 0.29) is 12.7 Å². The third-order valence-corrected chi connectivity index (χ3v) is 2.85. The SMILES string of the molecule is O=C(NCCCCCCO)OCC1C=CC=CC1. The maximum Gasteiger partial charge on any atom is 0.407 e. The summed E-state index contributed by atoms with van der Waals surface area (Å²) in [6, 6.07) is 0. The number of aliphatic hydroxyl groups excluding tert-OH is 1. The summed E-state index contributed by atoms with van der Waals surface area (Å²) in [4.78, 5) is 11.4. The molecule has 0 radical (unpaired) electrons. The molecule has 1 aliphatic rings. The number of ether oxygens (including phenoxy) is 1. The maximum atomic E-state index is 11.4. The minimum atomic E-state index is -0.333. The molecular weight excluding hydrogens is 230 g/mol. The van der Waals surface area contributed by atoms with Gasteiger partial charge in [0.15, 0.2) is 0 Å². The zero-order valence-corrected chi connectivity index (χ0v) is 10.8. The number of allylic oxidation sites excluding steroid dienone is 3. The molecule has 0 saturated carbocycles. The summed E-state index contributed by atoms with van der Waals surface area (Å²) in [5.74, 6) is 0.310. The quantitative estimate of drug-likeness (QED) is 0.653. The molecule has 0 heterocycles. The Bertz CT molecular complexity index is 287. The highest BCUT2D eigenvalue weighted by atomic mass is 16.5. The van der Waals surface area contributed by atoms with Crippen LogP contribution in [0.25, 0.3) is 0 Å². The molecule has 0 aliphatic heterocycles. The standard InChI is InChI=1S/C14H23NO3/c16-11-7-2-1-6-10-15-14(17)18-12-13-8-4-3-5-9-13/h3-5,8,13,16H,1-2,6-7,9-12H2,(H,15,17). The average Bonchev–Trinajstić information content (AvgIpc) is 2.41. The van der Waals surface area contributed by atoms with E-state index in [0.717, 1.165) is 32.1 Å². The Kier molecular flexibility index (Phi) is 7.97. The molecule has 1 aliphatic carbocycles. The number of nitrogens with one attached hydrogen (secondary N) is 1. The second-order valence-corrected chi connectivity index (χ2v) is 4.47. The van der Waals surface area contributed by atoms with E-state index in [9.17, 15) is 4.79 Å². The summed E-state index contributed by atoms with van der Waals surface area (Å²) in [6.07, 6.45) is 12.5. The van der Waals surface area contributed by atoms with Gasteiger partial charge in [-0.15, -0.1) is 0 Å². The summed E-state index contributed by atoms with van der Waals surface area (Å²) in [6.45, 7) is 1.33. The fourth-order valence-electron chi connectivity index (χ4n) is 1.77. The minimum absolute atomic E-state index is 0.249. The molecule has 0 saturated heterocycles. The number of carbonyl (C=O) groups excluding carboxylic acids is 1. The van der Waals surface area contributed by atoms with Gasteiger partial charge in [-0.1, -0.05) is 37.1 Å². The Balaban J connectivity index is 1.94.